The summed E-state index contributed by atoms with van der Waals surface area (Å²) in [4.78, 5) is 28.2. The normalized spacial score (nSPS) is 16.1. The summed E-state index contributed by atoms with van der Waals surface area (Å²) >= 11 is 6.01. The molecule has 1 heterocycles. The highest BCUT2D eigenvalue weighted by Gasteiger charge is 2.31. The van der Waals surface area contributed by atoms with Crippen molar-refractivity contribution >= 4 is 41.3 Å². The number of carbonyl (C=O) groups excluding carboxylic acids is 2. The van der Waals surface area contributed by atoms with Crippen molar-refractivity contribution in [2.75, 3.05) is 5.32 Å². The molecule has 0 spiro atoms. The van der Waals surface area contributed by atoms with E-state index in [9.17, 15) is 22.8 Å². The van der Waals surface area contributed by atoms with Crippen molar-refractivity contribution in [3.63, 3.8) is 0 Å². The fourth-order valence-electron chi connectivity index (χ4n) is 2.51. The fraction of sp³-hybridized carbons (Fsp3) is 0.158. The number of benzene rings is 2. The zero-order valence-corrected chi connectivity index (χ0v) is 16.4. The summed E-state index contributed by atoms with van der Waals surface area (Å²) in [5.74, 6) is -1.40. The van der Waals surface area contributed by atoms with Gasteiger partial charge in [0.1, 0.15) is 11.8 Å². The number of amides is 2. The zero-order valence-electron chi connectivity index (χ0n) is 15.6. The van der Waals surface area contributed by atoms with Crippen LogP contribution in [0.1, 0.15) is 12.0 Å². The number of aliphatic imine (C=N–C) groups is 1. The van der Waals surface area contributed by atoms with Crippen LogP contribution in [0, 0.1) is 0 Å². The van der Waals surface area contributed by atoms with Gasteiger partial charge in [-0.2, -0.15) is 5.10 Å². The number of carbonyl (C=O) groups is 2. The molecular weight excluding hydrogens is 439 g/mol. The first-order valence-electron chi connectivity index (χ1n) is 8.77. The van der Waals surface area contributed by atoms with Crippen LogP contribution in [0.4, 0.5) is 18.9 Å². The SMILES string of the molecule is O=C(CC1N=C(N/N=C/c2ccccc2Cl)NC1=O)Nc1ccc(OC(F)(F)F)cc1. The molecule has 12 heteroatoms. The van der Waals surface area contributed by atoms with Gasteiger partial charge in [-0.3, -0.25) is 14.9 Å². The predicted molar refractivity (Wildman–Crippen MR) is 108 cm³/mol. The monoisotopic (exact) mass is 453 g/mol. The van der Waals surface area contributed by atoms with Gasteiger partial charge < -0.3 is 10.1 Å². The van der Waals surface area contributed by atoms with E-state index in [1.807, 2.05) is 0 Å². The molecule has 1 unspecified atom stereocenters. The molecule has 0 fully saturated rings. The molecule has 0 saturated carbocycles. The van der Waals surface area contributed by atoms with Crippen molar-refractivity contribution in [3.8, 4) is 5.75 Å². The van der Waals surface area contributed by atoms with Crippen molar-refractivity contribution in [1.82, 2.24) is 10.7 Å². The maximum Gasteiger partial charge on any atom is 0.573 e. The summed E-state index contributed by atoms with van der Waals surface area (Å²) in [6.07, 6.45) is -3.63. The molecule has 0 aromatic heterocycles. The Labute approximate surface area is 179 Å². The van der Waals surface area contributed by atoms with E-state index in [0.717, 1.165) is 12.1 Å². The van der Waals surface area contributed by atoms with E-state index < -0.39 is 30.0 Å². The molecule has 2 amide bonds. The van der Waals surface area contributed by atoms with E-state index in [1.54, 1.807) is 24.3 Å². The molecule has 1 aliphatic heterocycles. The van der Waals surface area contributed by atoms with Crippen LogP contribution >= 0.6 is 11.6 Å². The van der Waals surface area contributed by atoms with E-state index in [4.69, 9.17) is 11.6 Å². The van der Waals surface area contributed by atoms with Gasteiger partial charge in [-0.1, -0.05) is 29.8 Å². The quantitative estimate of drug-likeness (QED) is 0.462. The number of hydrogen-bond donors (Lipinski definition) is 3. The highest BCUT2D eigenvalue weighted by atomic mass is 35.5. The van der Waals surface area contributed by atoms with Gasteiger partial charge >= 0.3 is 6.36 Å². The third-order valence-electron chi connectivity index (χ3n) is 3.86. The number of hydrogen-bond acceptors (Lipinski definition) is 6. The number of anilines is 1. The van der Waals surface area contributed by atoms with Crippen molar-refractivity contribution in [3.05, 3.63) is 59.1 Å². The molecule has 162 valence electrons. The Morgan fingerprint density at radius 3 is 2.61 bits per heavy atom. The van der Waals surface area contributed by atoms with Crippen molar-refractivity contribution in [1.29, 1.82) is 0 Å². The highest BCUT2D eigenvalue weighted by molar-refractivity contribution is 6.33. The number of ether oxygens (including phenoxy) is 1. The largest absolute Gasteiger partial charge is 0.573 e. The number of guanidine groups is 1. The number of rotatable bonds is 6. The van der Waals surface area contributed by atoms with Crippen LogP contribution in [-0.4, -0.2) is 36.4 Å². The van der Waals surface area contributed by atoms with Crippen LogP contribution in [0.25, 0.3) is 0 Å². The second kappa shape index (κ2) is 9.47. The Morgan fingerprint density at radius 1 is 1.23 bits per heavy atom. The van der Waals surface area contributed by atoms with Crippen LogP contribution in [-0.2, 0) is 9.59 Å². The summed E-state index contributed by atoms with van der Waals surface area (Å²) in [7, 11) is 0. The number of halogens is 4. The summed E-state index contributed by atoms with van der Waals surface area (Å²) in [5, 5.41) is 9.36. The molecule has 0 bridgehead atoms. The Kier molecular flexibility index (Phi) is 6.75. The first-order valence-corrected chi connectivity index (χ1v) is 9.15. The lowest BCUT2D eigenvalue weighted by Crippen LogP contribution is -2.35. The van der Waals surface area contributed by atoms with Crippen LogP contribution in [0.2, 0.25) is 5.02 Å². The van der Waals surface area contributed by atoms with Crippen LogP contribution in [0.3, 0.4) is 0 Å². The van der Waals surface area contributed by atoms with E-state index in [-0.39, 0.29) is 18.1 Å². The lowest BCUT2D eigenvalue weighted by Gasteiger charge is -2.10. The standard InChI is InChI=1S/C19H15ClF3N5O3/c20-14-4-2-1-3-11(14)10-24-28-18-26-15(17(30)27-18)9-16(29)25-12-5-7-13(8-6-12)31-19(21,22)23/h1-8,10,15H,9H2,(H,25,29)(H2,26,27,28,30)/b24-10+. The maximum atomic E-state index is 12.2. The Morgan fingerprint density at radius 2 is 1.94 bits per heavy atom. The molecule has 8 nitrogen and oxygen atoms in total. The zero-order chi connectivity index (χ0) is 22.4. The molecule has 1 aliphatic rings. The minimum atomic E-state index is -4.80. The smallest absolute Gasteiger partial charge is 0.406 e. The minimum Gasteiger partial charge on any atom is -0.406 e. The minimum absolute atomic E-state index is 0.0692. The Bertz CT molecular complexity index is 1030. The Hall–Kier alpha value is -3.60. The summed E-state index contributed by atoms with van der Waals surface area (Å²) < 4.78 is 40.3. The van der Waals surface area contributed by atoms with Gasteiger partial charge in [-0.25, -0.2) is 10.4 Å². The fourth-order valence-corrected chi connectivity index (χ4v) is 2.70. The molecule has 3 N–H and O–H groups in total. The summed E-state index contributed by atoms with van der Waals surface area (Å²) in [6.45, 7) is 0. The maximum absolute atomic E-state index is 12.2. The first-order chi connectivity index (χ1) is 14.7. The van der Waals surface area contributed by atoms with Crippen LogP contribution in [0.5, 0.6) is 5.75 Å². The van der Waals surface area contributed by atoms with E-state index >= 15 is 0 Å². The highest BCUT2D eigenvalue weighted by Crippen LogP contribution is 2.24. The summed E-state index contributed by atoms with van der Waals surface area (Å²) in [6, 6.07) is 10.6. The van der Waals surface area contributed by atoms with E-state index in [1.165, 1.54) is 18.3 Å². The van der Waals surface area contributed by atoms with Crippen LogP contribution in [0.15, 0.2) is 58.6 Å². The van der Waals surface area contributed by atoms with Gasteiger partial charge in [-0.15, -0.1) is 13.2 Å². The lowest BCUT2D eigenvalue weighted by atomic mass is 10.2. The first kappa shape index (κ1) is 22.1. The van der Waals surface area contributed by atoms with Crippen molar-refractivity contribution in [2.24, 2.45) is 10.1 Å². The number of hydrazone groups is 1. The number of nitrogens with one attached hydrogen (secondary N) is 3. The molecule has 2 aromatic rings. The average molecular weight is 454 g/mol. The average Bonchev–Trinajstić information content (AvgIpc) is 3.03. The molecule has 3 rings (SSSR count). The van der Waals surface area contributed by atoms with Crippen molar-refractivity contribution < 1.29 is 27.5 Å². The molecule has 0 saturated heterocycles. The van der Waals surface area contributed by atoms with E-state index in [2.05, 4.69) is 30.9 Å². The predicted octanol–water partition coefficient (Wildman–Crippen LogP) is 3.05. The van der Waals surface area contributed by atoms with Gasteiger partial charge in [0.15, 0.2) is 0 Å². The lowest BCUT2D eigenvalue weighted by molar-refractivity contribution is -0.274. The van der Waals surface area contributed by atoms with E-state index in [0.29, 0.717) is 10.6 Å². The molecule has 0 aliphatic carbocycles. The molecule has 1 atom stereocenters. The van der Waals surface area contributed by atoms with Gasteiger partial charge in [0, 0.05) is 16.3 Å². The molecule has 2 aromatic carbocycles. The second-order valence-corrected chi connectivity index (χ2v) is 6.61. The van der Waals surface area contributed by atoms with Gasteiger partial charge in [0.2, 0.25) is 11.9 Å². The van der Waals surface area contributed by atoms with Crippen LogP contribution < -0.4 is 20.8 Å². The van der Waals surface area contributed by atoms with Crippen molar-refractivity contribution in [2.45, 2.75) is 18.8 Å². The third kappa shape index (κ3) is 6.71. The number of alkyl halides is 3. The Balaban J connectivity index is 1.52. The van der Waals surface area contributed by atoms with Gasteiger partial charge in [0.05, 0.1) is 12.6 Å². The molecule has 31 heavy (non-hydrogen) atoms. The summed E-state index contributed by atoms with van der Waals surface area (Å²) in [5.41, 5.74) is 3.45. The van der Waals surface area contributed by atoms with Gasteiger partial charge in [0.25, 0.3) is 5.91 Å². The topological polar surface area (TPSA) is 104 Å². The third-order valence-corrected chi connectivity index (χ3v) is 4.20. The van der Waals surface area contributed by atoms with Gasteiger partial charge in [-0.05, 0) is 30.3 Å². The molecule has 0 radical (unpaired) electrons. The molecular formula is C19H15ClF3N5O3. The number of nitrogens with zero attached hydrogens (tertiary/aromatic N) is 2. The second-order valence-electron chi connectivity index (χ2n) is 6.20.